The molecule has 0 spiro atoms. The summed E-state index contributed by atoms with van der Waals surface area (Å²) in [5, 5.41) is 0. The van der Waals surface area contributed by atoms with Crippen molar-refractivity contribution in [3.8, 4) is 0 Å². The molecule has 2 rings (SSSR count). The van der Waals surface area contributed by atoms with Crippen LogP contribution in [0.3, 0.4) is 0 Å². The normalized spacial score (nSPS) is 12.6. The van der Waals surface area contributed by atoms with E-state index < -0.39 is 0 Å². The van der Waals surface area contributed by atoms with E-state index in [1.165, 1.54) is 0 Å². The Morgan fingerprint density at radius 1 is 1.50 bits per heavy atom. The Hall–Kier alpha value is -1.57. The highest BCUT2D eigenvalue weighted by Gasteiger charge is 2.15. The van der Waals surface area contributed by atoms with Crippen LogP contribution in [0.25, 0.3) is 6.08 Å². The number of hydrogen-bond acceptors (Lipinski definition) is 2. The summed E-state index contributed by atoms with van der Waals surface area (Å²) in [4.78, 5) is 11.6. The van der Waals surface area contributed by atoms with Crippen LogP contribution in [0.1, 0.15) is 28.4 Å². The number of benzene rings is 1. The molecule has 0 heterocycles. The molecule has 1 aromatic carbocycles. The Balaban J connectivity index is 2.36. The molecule has 0 saturated heterocycles. The van der Waals surface area contributed by atoms with Crippen LogP contribution in [0.2, 0.25) is 0 Å². The van der Waals surface area contributed by atoms with Gasteiger partial charge in [-0.3, -0.25) is 0 Å². The summed E-state index contributed by atoms with van der Waals surface area (Å²) < 4.78 is 4.99. The summed E-state index contributed by atoms with van der Waals surface area (Å²) >= 11 is 0. The average Bonchev–Trinajstić information content (AvgIpc) is 2.65. The lowest BCUT2D eigenvalue weighted by molar-refractivity contribution is 0.0525. The Morgan fingerprint density at radius 3 is 3.14 bits per heavy atom. The van der Waals surface area contributed by atoms with Gasteiger partial charge in [-0.15, -0.1) is 0 Å². The lowest BCUT2D eigenvalue weighted by Gasteiger charge is -2.06. The first kappa shape index (κ1) is 9.00. The Labute approximate surface area is 83.2 Å². The summed E-state index contributed by atoms with van der Waals surface area (Å²) in [6, 6.07) is 5.73. The van der Waals surface area contributed by atoms with Crippen LogP contribution in [-0.4, -0.2) is 12.6 Å². The van der Waals surface area contributed by atoms with Gasteiger partial charge in [0.15, 0.2) is 0 Å². The van der Waals surface area contributed by atoms with Crippen molar-refractivity contribution in [2.45, 2.75) is 13.3 Å². The Bertz CT molecular complexity index is 391. The maximum atomic E-state index is 11.6. The van der Waals surface area contributed by atoms with Gasteiger partial charge in [0.05, 0.1) is 12.2 Å². The quantitative estimate of drug-likeness (QED) is 0.666. The molecule has 0 bridgehead atoms. The molecule has 2 nitrogen and oxygen atoms in total. The fourth-order valence-corrected chi connectivity index (χ4v) is 1.69. The predicted molar refractivity (Wildman–Crippen MR) is 55.1 cm³/mol. The molecule has 72 valence electrons. The van der Waals surface area contributed by atoms with Crippen LogP contribution >= 0.6 is 0 Å². The van der Waals surface area contributed by atoms with Crippen molar-refractivity contribution >= 4 is 12.0 Å². The number of carbonyl (C=O) groups is 1. The molecule has 0 aromatic heterocycles. The van der Waals surface area contributed by atoms with Gasteiger partial charge >= 0.3 is 5.97 Å². The van der Waals surface area contributed by atoms with E-state index in [0.29, 0.717) is 12.2 Å². The van der Waals surface area contributed by atoms with Crippen LogP contribution < -0.4 is 0 Å². The minimum absolute atomic E-state index is 0.215. The standard InChI is InChI=1S/C12H12O2/c1-2-14-12(13)11-8-4-6-9-5-3-7-10(9)11/h3-6,8H,2,7H2,1H3. The first-order valence-corrected chi connectivity index (χ1v) is 4.78. The van der Waals surface area contributed by atoms with Crippen molar-refractivity contribution in [2.75, 3.05) is 6.61 Å². The molecule has 0 fully saturated rings. The summed E-state index contributed by atoms with van der Waals surface area (Å²) in [5.41, 5.74) is 2.93. The molecule has 1 aromatic rings. The highest BCUT2D eigenvalue weighted by atomic mass is 16.5. The average molecular weight is 188 g/mol. The number of fused-ring (bicyclic) bond motifs is 1. The third-order valence-electron chi connectivity index (χ3n) is 2.33. The lowest BCUT2D eigenvalue weighted by Crippen LogP contribution is -2.07. The molecule has 1 aliphatic carbocycles. The molecule has 0 aliphatic heterocycles. The maximum Gasteiger partial charge on any atom is 0.338 e. The van der Waals surface area contributed by atoms with E-state index in [4.69, 9.17) is 4.74 Å². The lowest BCUT2D eigenvalue weighted by atomic mass is 10.0. The number of rotatable bonds is 2. The molecule has 2 heteroatoms. The van der Waals surface area contributed by atoms with Crippen molar-refractivity contribution in [3.63, 3.8) is 0 Å². The van der Waals surface area contributed by atoms with Gasteiger partial charge in [0.1, 0.15) is 0 Å². The molecule has 14 heavy (non-hydrogen) atoms. The van der Waals surface area contributed by atoms with E-state index >= 15 is 0 Å². The second-order valence-electron chi connectivity index (χ2n) is 3.20. The van der Waals surface area contributed by atoms with E-state index in [1.807, 2.05) is 31.2 Å². The van der Waals surface area contributed by atoms with E-state index in [0.717, 1.165) is 17.5 Å². The highest BCUT2D eigenvalue weighted by Crippen LogP contribution is 2.23. The first-order valence-electron chi connectivity index (χ1n) is 4.78. The SMILES string of the molecule is CCOC(=O)c1cccc2c1CC=C2. The van der Waals surface area contributed by atoms with Gasteiger partial charge in [0.2, 0.25) is 0 Å². The van der Waals surface area contributed by atoms with E-state index in [-0.39, 0.29) is 5.97 Å². The number of esters is 1. The van der Waals surface area contributed by atoms with Crippen LogP contribution in [-0.2, 0) is 11.2 Å². The number of ether oxygens (including phenoxy) is 1. The number of carbonyl (C=O) groups excluding carboxylic acids is 1. The van der Waals surface area contributed by atoms with Crippen LogP contribution in [0.5, 0.6) is 0 Å². The second kappa shape index (κ2) is 3.66. The van der Waals surface area contributed by atoms with Crippen molar-refractivity contribution in [1.29, 1.82) is 0 Å². The fourth-order valence-electron chi connectivity index (χ4n) is 1.69. The van der Waals surface area contributed by atoms with Crippen molar-refractivity contribution in [2.24, 2.45) is 0 Å². The number of hydrogen-bond donors (Lipinski definition) is 0. The third kappa shape index (κ3) is 1.43. The monoisotopic (exact) mass is 188 g/mol. The Morgan fingerprint density at radius 2 is 2.36 bits per heavy atom. The second-order valence-corrected chi connectivity index (χ2v) is 3.20. The van der Waals surface area contributed by atoms with Crippen molar-refractivity contribution in [3.05, 3.63) is 41.0 Å². The first-order chi connectivity index (χ1) is 6.83. The molecule has 0 unspecified atom stereocenters. The fraction of sp³-hybridized carbons (Fsp3) is 0.250. The molecule has 0 radical (unpaired) electrons. The Kier molecular flexibility index (Phi) is 2.35. The van der Waals surface area contributed by atoms with Gasteiger partial charge in [-0.1, -0.05) is 24.3 Å². The smallest absolute Gasteiger partial charge is 0.338 e. The zero-order valence-electron chi connectivity index (χ0n) is 8.12. The third-order valence-corrected chi connectivity index (χ3v) is 2.33. The van der Waals surface area contributed by atoms with E-state index in [9.17, 15) is 4.79 Å². The zero-order chi connectivity index (χ0) is 9.97. The summed E-state index contributed by atoms with van der Waals surface area (Å²) in [6.07, 6.45) is 4.94. The molecule has 0 N–H and O–H groups in total. The number of allylic oxidation sites excluding steroid dienone is 1. The molecule has 0 amide bonds. The molecule has 0 atom stereocenters. The maximum absolute atomic E-state index is 11.6. The minimum Gasteiger partial charge on any atom is -0.462 e. The van der Waals surface area contributed by atoms with Gasteiger partial charge in [-0.25, -0.2) is 4.79 Å². The van der Waals surface area contributed by atoms with E-state index in [1.54, 1.807) is 0 Å². The molecular weight excluding hydrogens is 176 g/mol. The summed E-state index contributed by atoms with van der Waals surface area (Å²) in [5.74, 6) is -0.215. The van der Waals surface area contributed by atoms with Crippen LogP contribution in [0, 0.1) is 0 Å². The highest BCUT2D eigenvalue weighted by molar-refractivity contribution is 5.93. The van der Waals surface area contributed by atoms with Crippen LogP contribution in [0.15, 0.2) is 24.3 Å². The van der Waals surface area contributed by atoms with Gasteiger partial charge in [-0.05, 0) is 30.5 Å². The van der Waals surface area contributed by atoms with E-state index in [2.05, 4.69) is 6.08 Å². The molecule has 1 aliphatic rings. The van der Waals surface area contributed by atoms with Gasteiger partial charge < -0.3 is 4.74 Å². The molecular formula is C12H12O2. The summed E-state index contributed by atoms with van der Waals surface area (Å²) in [7, 11) is 0. The zero-order valence-corrected chi connectivity index (χ0v) is 8.12. The van der Waals surface area contributed by atoms with Crippen LogP contribution in [0.4, 0.5) is 0 Å². The van der Waals surface area contributed by atoms with Crippen molar-refractivity contribution in [1.82, 2.24) is 0 Å². The van der Waals surface area contributed by atoms with Gasteiger partial charge in [0, 0.05) is 0 Å². The largest absolute Gasteiger partial charge is 0.462 e. The van der Waals surface area contributed by atoms with Gasteiger partial charge in [0.25, 0.3) is 0 Å². The molecule has 0 saturated carbocycles. The predicted octanol–water partition coefficient (Wildman–Crippen LogP) is 2.43. The van der Waals surface area contributed by atoms with Gasteiger partial charge in [-0.2, -0.15) is 0 Å². The topological polar surface area (TPSA) is 26.3 Å². The summed E-state index contributed by atoms with van der Waals surface area (Å²) in [6.45, 7) is 2.25. The minimum atomic E-state index is -0.215. The van der Waals surface area contributed by atoms with Crippen molar-refractivity contribution < 1.29 is 9.53 Å².